The Labute approximate surface area is 114 Å². The second kappa shape index (κ2) is 4.74. The maximum absolute atomic E-state index is 12.1. The zero-order valence-electron chi connectivity index (χ0n) is 10.5. The molecule has 0 spiro atoms. The fourth-order valence-corrected chi connectivity index (χ4v) is 2.33. The van der Waals surface area contributed by atoms with Gasteiger partial charge in [-0.3, -0.25) is 0 Å². The molecular formula is C15H12F3NO. The number of hydrogen-bond acceptors (Lipinski definition) is 2. The normalized spacial score (nSPS) is 13.8. The van der Waals surface area contributed by atoms with Gasteiger partial charge in [0.25, 0.3) is 0 Å². The molecule has 0 fully saturated rings. The van der Waals surface area contributed by atoms with Gasteiger partial charge in [0.05, 0.1) is 0 Å². The maximum atomic E-state index is 12.1. The molecular weight excluding hydrogens is 267 g/mol. The number of hydrogen-bond donors (Lipinski definition) is 1. The van der Waals surface area contributed by atoms with Gasteiger partial charge < -0.3 is 10.1 Å². The second-order valence-corrected chi connectivity index (χ2v) is 4.62. The van der Waals surface area contributed by atoms with Gasteiger partial charge in [-0.1, -0.05) is 18.2 Å². The first-order chi connectivity index (χ1) is 9.51. The molecule has 0 unspecified atom stereocenters. The van der Waals surface area contributed by atoms with Gasteiger partial charge in [0, 0.05) is 12.2 Å². The molecule has 0 aliphatic carbocycles. The first kappa shape index (κ1) is 12.8. The van der Waals surface area contributed by atoms with Gasteiger partial charge in [0.2, 0.25) is 0 Å². The molecule has 1 heterocycles. The molecule has 5 heteroatoms. The molecule has 2 aromatic rings. The van der Waals surface area contributed by atoms with Crippen molar-refractivity contribution in [1.82, 2.24) is 0 Å². The van der Waals surface area contributed by atoms with Crippen LogP contribution in [0.1, 0.15) is 5.56 Å². The van der Waals surface area contributed by atoms with Gasteiger partial charge in [-0.2, -0.15) is 0 Å². The Bertz CT molecular complexity index is 620. The third kappa shape index (κ3) is 2.71. The molecule has 2 nitrogen and oxygen atoms in total. The fraction of sp³-hybridized carbons (Fsp3) is 0.200. The van der Waals surface area contributed by atoms with Gasteiger partial charge in [-0.05, 0) is 47.4 Å². The highest BCUT2D eigenvalue weighted by Gasteiger charge is 2.30. The van der Waals surface area contributed by atoms with E-state index in [4.69, 9.17) is 0 Å². The molecule has 0 atom stereocenters. The Balaban J connectivity index is 1.84. The Kier molecular flexibility index (Phi) is 3.04. The van der Waals surface area contributed by atoms with E-state index in [9.17, 15) is 13.2 Å². The van der Waals surface area contributed by atoms with Crippen LogP contribution in [0.3, 0.4) is 0 Å². The topological polar surface area (TPSA) is 21.3 Å². The second-order valence-electron chi connectivity index (χ2n) is 4.62. The summed E-state index contributed by atoms with van der Waals surface area (Å²) >= 11 is 0. The third-order valence-corrected chi connectivity index (χ3v) is 3.24. The van der Waals surface area contributed by atoms with Crippen LogP contribution in [0.5, 0.6) is 5.75 Å². The van der Waals surface area contributed by atoms with Crippen LogP contribution in [-0.2, 0) is 6.42 Å². The van der Waals surface area contributed by atoms with Gasteiger partial charge in [-0.25, -0.2) is 0 Å². The van der Waals surface area contributed by atoms with Gasteiger partial charge in [0.15, 0.2) is 0 Å². The Morgan fingerprint density at radius 1 is 0.950 bits per heavy atom. The number of alkyl halides is 3. The van der Waals surface area contributed by atoms with Gasteiger partial charge in [-0.15, -0.1) is 13.2 Å². The first-order valence-corrected chi connectivity index (χ1v) is 6.24. The molecule has 0 amide bonds. The summed E-state index contributed by atoms with van der Waals surface area (Å²) in [6.45, 7) is 0.928. The lowest BCUT2D eigenvalue weighted by Gasteiger charge is -2.10. The molecule has 0 saturated carbocycles. The lowest BCUT2D eigenvalue weighted by atomic mass is 10.0. The van der Waals surface area contributed by atoms with E-state index in [2.05, 4.69) is 16.1 Å². The predicted molar refractivity (Wildman–Crippen MR) is 70.8 cm³/mol. The highest BCUT2D eigenvalue weighted by atomic mass is 19.4. The van der Waals surface area contributed by atoms with Crippen LogP contribution in [0.15, 0.2) is 42.5 Å². The van der Waals surface area contributed by atoms with Crippen molar-refractivity contribution in [3.63, 3.8) is 0 Å². The van der Waals surface area contributed by atoms with Gasteiger partial charge in [0.1, 0.15) is 5.75 Å². The van der Waals surface area contributed by atoms with E-state index < -0.39 is 6.36 Å². The molecule has 20 heavy (non-hydrogen) atoms. The summed E-state index contributed by atoms with van der Waals surface area (Å²) in [4.78, 5) is 0. The van der Waals surface area contributed by atoms with E-state index in [1.807, 2.05) is 12.1 Å². The highest BCUT2D eigenvalue weighted by molar-refractivity contribution is 5.70. The number of nitrogens with one attached hydrogen (secondary N) is 1. The molecule has 104 valence electrons. The zero-order chi connectivity index (χ0) is 14.2. The van der Waals surface area contributed by atoms with Crippen molar-refractivity contribution in [3.05, 3.63) is 48.0 Å². The molecule has 0 saturated heterocycles. The summed E-state index contributed by atoms with van der Waals surface area (Å²) in [5.41, 5.74) is 4.23. The molecule has 0 aromatic heterocycles. The summed E-state index contributed by atoms with van der Waals surface area (Å²) in [6.07, 6.45) is -3.68. The Hall–Kier alpha value is -2.17. The SMILES string of the molecule is FC(F)(F)Oc1ccc(-c2ccc3c(c2)CCN3)cc1. The lowest BCUT2D eigenvalue weighted by Crippen LogP contribution is -2.16. The number of halogens is 3. The standard InChI is InChI=1S/C15H12F3NO/c16-15(17,18)20-13-4-1-10(2-5-13)11-3-6-14-12(9-11)7-8-19-14/h1-6,9,19H,7-8H2. The minimum absolute atomic E-state index is 0.205. The van der Waals surface area contributed by atoms with Crippen LogP contribution in [0.25, 0.3) is 11.1 Å². The lowest BCUT2D eigenvalue weighted by molar-refractivity contribution is -0.274. The summed E-state index contributed by atoms with van der Waals surface area (Å²) in [5, 5.41) is 3.27. The predicted octanol–water partition coefficient (Wildman–Crippen LogP) is 4.22. The van der Waals surface area contributed by atoms with Gasteiger partial charge >= 0.3 is 6.36 Å². The van der Waals surface area contributed by atoms with E-state index in [0.29, 0.717) is 0 Å². The number of benzene rings is 2. The monoisotopic (exact) mass is 279 g/mol. The molecule has 0 bridgehead atoms. The van der Waals surface area contributed by atoms with E-state index in [-0.39, 0.29) is 5.75 Å². The van der Waals surface area contributed by atoms with Crippen LogP contribution >= 0.6 is 0 Å². The quantitative estimate of drug-likeness (QED) is 0.888. The van der Waals surface area contributed by atoms with E-state index in [0.717, 1.165) is 29.8 Å². The minimum atomic E-state index is -4.65. The van der Waals surface area contributed by atoms with Crippen LogP contribution in [0, 0.1) is 0 Å². The number of anilines is 1. The van der Waals surface area contributed by atoms with Crippen molar-refractivity contribution < 1.29 is 17.9 Å². The van der Waals surface area contributed by atoms with Crippen molar-refractivity contribution in [2.45, 2.75) is 12.8 Å². The molecule has 3 rings (SSSR count). The molecule has 1 aliphatic heterocycles. The fourth-order valence-electron chi connectivity index (χ4n) is 2.33. The minimum Gasteiger partial charge on any atom is -0.406 e. The van der Waals surface area contributed by atoms with Crippen molar-refractivity contribution in [1.29, 1.82) is 0 Å². The number of fused-ring (bicyclic) bond motifs is 1. The smallest absolute Gasteiger partial charge is 0.406 e. The van der Waals surface area contributed by atoms with E-state index in [1.165, 1.54) is 17.7 Å². The number of rotatable bonds is 2. The largest absolute Gasteiger partial charge is 0.573 e. The highest BCUT2D eigenvalue weighted by Crippen LogP contribution is 2.30. The molecule has 1 N–H and O–H groups in total. The molecule has 0 radical (unpaired) electrons. The Morgan fingerprint density at radius 3 is 2.35 bits per heavy atom. The Morgan fingerprint density at radius 2 is 1.65 bits per heavy atom. The van der Waals surface area contributed by atoms with Crippen LogP contribution in [0.4, 0.5) is 18.9 Å². The number of ether oxygens (including phenoxy) is 1. The molecule has 2 aromatic carbocycles. The van der Waals surface area contributed by atoms with Crippen LogP contribution in [0.2, 0.25) is 0 Å². The summed E-state index contributed by atoms with van der Waals surface area (Å²) in [7, 11) is 0. The zero-order valence-corrected chi connectivity index (χ0v) is 10.5. The van der Waals surface area contributed by atoms with Crippen molar-refractivity contribution in [2.24, 2.45) is 0 Å². The summed E-state index contributed by atoms with van der Waals surface area (Å²) in [6, 6.07) is 11.9. The third-order valence-electron chi connectivity index (χ3n) is 3.24. The maximum Gasteiger partial charge on any atom is 0.573 e. The summed E-state index contributed by atoms with van der Waals surface area (Å²) in [5.74, 6) is -0.205. The molecule has 1 aliphatic rings. The van der Waals surface area contributed by atoms with Crippen LogP contribution in [-0.4, -0.2) is 12.9 Å². The van der Waals surface area contributed by atoms with E-state index >= 15 is 0 Å². The average Bonchev–Trinajstić information content (AvgIpc) is 2.85. The van der Waals surface area contributed by atoms with Crippen LogP contribution < -0.4 is 10.1 Å². The van der Waals surface area contributed by atoms with Crippen molar-refractivity contribution in [3.8, 4) is 16.9 Å². The van der Waals surface area contributed by atoms with E-state index in [1.54, 1.807) is 12.1 Å². The summed E-state index contributed by atoms with van der Waals surface area (Å²) < 4.78 is 40.1. The average molecular weight is 279 g/mol. The van der Waals surface area contributed by atoms with Crippen molar-refractivity contribution in [2.75, 3.05) is 11.9 Å². The van der Waals surface area contributed by atoms with Crippen molar-refractivity contribution >= 4 is 5.69 Å². The first-order valence-electron chi connectivity index (χ1n) is 6.24.